The third-order valence-electron chi connectivity index (χ3n) is 13.0. The minimum atomic E-state index is 0.978. The predicted octanol–water partition coefficient (Wildman–Crippen LogP) is 15.4. The summed E-state index contributed by atoms with van der Waals surface area (Å²) in [5, 5.41) is 25.0. The molecule has 264 valence electrons. The zero-order valence-corrected chi connectivity index (χ0v) is 31.2. The van der Waals surface area contributed by atoms with Crippen molar-refractivity contribution in [2.45, 2.75) is 0 Å². The number of benzene rings is 10. The number of nitrogens with zero attached hydrogens (tertiary/aromatic N) is 2. The van der Waals surface area contributed by atoms with Gasteiger partial charge in [-0.3, -0.25) is 0 Å². The molecule has 2 aromatic heterocycles. The zero-order valence-electron chi connectivity index (χ0n) is 31.2. The Bertz CT molecular complexity index is 4090. The summed E-state index contributed by atoms with van der Waals surface area (Å²) in [6.07, 6.45) is 0. The number of pyridine rings is 2. The van der Waals surface area contributed by atoms with Crippen LogP contribution >= 0.6 is 0 Å². The minimum absolute atomic E-state index is 0.978. The van der Waals surface area contributed by atoms with Crippen molar-refractivity contribution < 1.29 is 0 Å². The number of hydrogen-bond acceptors (Lipinski definition) is 2. The van der Waals surface area contributed by atoms with E-state index in [4.69, 9.17) is 9.97 Å². The van der Waals surface area contributed by atoms with Crippen LogP contribution in [0.15, 0.2) is 182 Å². The van der Waals surface area contributed by atoms with Gasteiger partial charge in [0.2, 0.25) is 0 Å². The summed E-state index contributed by atoms with van der Waals surface area (Å²) in [6, 6.07) is 67.1. The van der Waals surface area contributed by atoms with Gasteiger partial charge in [-0.25, -0.2) is 9.97 Å². The average Bonchev–Trinajstić information content (AvgIpc) is 3.77. The molecule has 0 N–H and O–H groups in total. The molecule has 0 aliphatic rings. The van der Waals surface area contributed by atoms with Crippen LogP contribution in [0.25, 0.3) is 141 Å². The molecule has 14 rings (SSSR count). The fourth-order valence-corrected chi connectivity index (χ4v) is 10.6. The number of aromatic nitrogens is 2. The first kappa shape index (κ1) is 30.5. The minimum Gasteiger partial charge on any atom is -0.248 e. The maximum absolute atomic E-state index is 5.50. The molecule has 0 radical (unpaired) electrons. The molecule has 0 aliphatic heterocycles. The Hall–Kier alpha value is -7.68. The van der Waals surface area contributed by atoms with Crippen molar-refractivity contribution in [1.29, 1.82) is 0 Å². The maximum atomic E-state index is 5.50. The van der Waals surface area contributed by atoms with E-state index >= 15 is 0 Å². The normalized spacial score (nSPS) is 12.5. The predicted molar refractivity (Wildman–Crippen MR) is 248 cm³/mol. The quantitative estimate of drug-likeness (QED) is 0.166. The molecule has 0 saturated heterocycles. The second kappa shape index (κ2) is 11.0. The highest BCUT2D eigenvalue weighted by Crippen LogP contribution is 2.54. The van der Waals surface area contributed by atoms with Crippen LogP contribution in [0.4, 0.5) is 0 Å². The zero-order chi connectivity index (χ0) is 37.6. The Labute approximate surface area is 331 Å². The van der Waals surface area contributed by atoms with Crippen LogP contribution in [-0.2, 0) is 0 Å². The standard InChI is InChI=1S/C56H30N2/c1-5-15-35-33(13-1)27-43-42-30-45-44(29-41(42)39-19-9-17-37(35)51(39)43)54(50-26-24-32-12-4-8-22-48(32)58-50)56-46-28-34-14-2-6-16-36(34)38-18-10-20-40(52(38)46)55(56)53(45)49-25-23-31-11-3-7-21-47(31)57-49/h1-30H. The summed E-state index contributed by atoms with van der Waals surface area (Å²) in [5.41, 5.74) is 6.28. The highest BCUT2D eigenvalue weighted by atomic mass is 14.7. The molecule has 2 heterocycles. The van der Waals surface area contributed by atoms with Crippen LogP contribution in [0.1, 0.15) is 0 Å². The van der Waals surface area contributed by atoms with Gasteiger partial charge in [-0.15, -0.1) is 0 Å². The summed E-state index contributed by atoms with van der Waals surface area (Å²) in [6.45, 7) is 0. The topological polar surface area (TPSA) is 25.8 Å². The molecular weight excluding hydrogens is 701 g/mol. The SMILES string of the molecule is c1ccc2nc(-c3c4cc5c(cc4c(-c4ccc6ccccc6n4)c4c6cc7ccccc7c7cccc(c34)c76)c3cccc4c6ccccc6cc5c43)ccc2c1. The van der Waals surface area contributed by atoms with Crippen molar-refractivity contribution in [3.63, 3.8) is 0 Å². The third-order valence-corrected chi connectivity index (χ3v) is 13.0. The van der Waals surface area contributed by atoms with Crippen molar-refractivity contribution >= 4 is 119 Å². The maximum Gasteiger partial charge on any atom is 0.0722 e. The largest absolute Gasteiger partial charge is 0.248 e. The summed E-state index contributed by atoms with van der Waals surface area (Å²) in [4.78, 5) is 11.0. The van der Waals surface area contributed by atoms with Gasteiger partial charge in [0.1, 0.15) is 0 Å². The number of fused-ring (bicyclic) bond motifs is 13. The van der Waals surface area contributed by atoms with E-state index < -0.39 is 0 Å². The Morgan fingerprint density at radius 3 is 1.22 bits per heavy atom. The van der Waals surface area contributed by atoms with Gasteiger partial charge in [0.25, 0.3) is 0 Å². The Balaban J connectivity index is 1.29. The number of rotatable bonds is 2. The molecule has 12 aromatic carbocycles. The van der Waals surface area contributed by atoms with E-state index in [1.54, 1.807) is 0 Å². The molecule has 2 nitrogen and oxygen atoms in total. The molecule has 2 heteroatoms. The summed E-state index contributed by atoms with van der Waals surface area (Å²) in [7, 11) is 0. The molecule has 0 unspecified atom stereocenters. The van der Waals surface area contributed by atoms with E-state index in [9.17, 15) is 0 Å². The molecule has 14 aromatic rings. The molecule has 0 saturated carbocycles. The first-order valence-corrected chi connectivity index (χ1v) is 20.1. The highest BCUT2D eigenvalue weighted by molar-refractivity contribution is 6.44. The Morgan fingerprint density at radius 1 is 0.224 bits per heavy atom. The monoisotopic (exact) mass is 730 g/mol. The van der Waals surface area contributed by atoms with Crippen LogP contribution in [0.2, 0.25) is 0 Å². The number of para-hydroxylation sites is 2. The van der Waals surface area contributed by atoms with E-state index in [2.05, 4.69) is 182 Å². The Kier molecular flexibility index (Phi) is 5.79. The lowest BCUT2D eigenvalue weighted by atomic mass is 9.87. The first-order chi connectivity index (χ1) is 28.8. The second-order valence-corrected chi connectivity index (χ2v) is 16.0. The third kappa shape index (κ3) is 3.91. The van der Waals surface area contributed by atoms with Crippen LogP contribution < -0.4 is 0 Å². The van der Waals surface area contributed by atoms with E-state index in [0.29, 0.717) is 0 Å². The van der Waals surface area contributed by atoms with Crippen molar-refractivity contribution in [2.75, 3.05) is 0 Å². The van der Waals surface area contributed by atoms with E-state index in [0.717, 1.165) is 33.2 Å². The summed E-state index contributed by atoms with van der Waals surface area (Å²) < 4.78 is 0. The molecule has 0 fully saturated rings. The van der Waals surface area contributed by atoms with Crippen LogP contribution in [0, 0.1) is 0 Å². The van der Waals surface area contributed by atoms with E-state index in [1.165, 1.54) is 108 Å². The number of hydrogen-bond donors (Lipinski definition) is 0. The molecule has 0 bridgehead atoms. The lowest BCUT2D eigenvalue weighted by Gasteiger charge is -2.17. The highest BCUT2D eigenvalue weighted by Gasteiger charge is 2.27. The van der Waals surface area contributed by atoms with Crippen molar-refractivity contribution in [2.24, 2.45) is 0 Å². The van der Waals surface area contributed by atoms with Crippen LogP contribution in [0.5, 0.6) is 0 Å². The lowest BCUT2D eigenvalue weighted by molar-refractivity contribution is 1.41. The smallest absolute Gasteiger partial charge is 0.0722 e. The summed E-state index contributed by atoms with van der Waals surface area (Å²) in [5.74, 6) is 0. The fourth-order valence-electron chi connectivity index (χ4n) is 10.6. The van der Waals surface area contributed by atoms with Crippen LogP contribution in [-0.4, -0.2) is 9.97 Å². The average molecular weight is 731 g/mol. The molecule has 0 aliphatic carbocycles. The van der Waals surface area contributed by atoms with Gasteiger partial charge in [-0.2, -0.15) is 0 Å². The van der Waals surface area contributed by atoms with Crippen molar-refractivity contribution in [1.82, 2.24) is 9.97 Å². The first-order valence-electron chi connectivity index (χ1n) is 20.1. The fraction of sp³-hybridized carbons (Fsp3) is 0. The van der Waals surface area contributed by atoms with Gasteiger partial charge in [0.05, 0.1) is 22.4 Å². The van der Waals surface area contributed by atoms with Crippen LogP contribution in [0.3, 0.4) is 0 Å². The molecule has 0 amide bonds. The Morgan fingerprint density at radius 2 is 0.638 bits per heavy atom. The van der Waals surface area contributed by atoms with Crippen molar-refractivity contribution in [3.05, 3.63) is 182 Å². The van der Waals surface area contributed by atoms with Gasteiger partial charge in [-0.05, 0) is 135 Å². The van der Waals surface area contributed by atoms with Crippen molar-refractivity contribution in [3.8, 4) is 22.5 Å². The molecule has 58 heavy (non-hydrogen) atoms. The van der Waals surface area contributed by atoms with Gasteiger partial charge < -0.3 is 0 Å². The van der Waals surface area contributed by atoms with Gasteiger partial charge >= 0.3 is 0 Å². The van der Waals surface area contributed by atoms with E-state index in [1.807, 2.05) is 0 Å². The van der Waals surface area contributed by atoms with Gasteiger partial charge in [0.15, 0.2) is 0 Å². The van der Waals surface area contributed by atoms with Gasteiger partial charge in [0, 0.05) is 32.7 Å². The molecular formula is C56H30N2. The van der Waals surface area contributed by atoms with E-state index in [-0.39, 0.29) is 0 Å². The molecule has 0 atom stereocenters. The molecule has 0 spiro atoms. The van der Waals surface area contributed by atoms with Gasteiger partial charge in [-0.1, -0.05) is 133 Å². The summed E-state index contributed by atoms with van der Waals surface area (Å²) >= 11 is 0. The second-order valence-electron chi connectivity index (χ2n) is 16.0. The lowest BCUT2D eigenvalue weighted by Crippen LogP contribution is -1.93.